The molecule has 1 atom stereocenters. The second-order valence-electron chi connectivity index (χ2n) is 5.37. The monoisotopic (exact) mass is 342 g/mol. The number of carbonyl (C=O) groups excluding carboxylic acids is 2. The number of ether oxygens (including phenoxy) is 1. The van der Waals surface area contributed by atoms with Crippen molar-refractivity contribution in [1.29, 1.82) is 0 Å². The molecule has 0 saturated carbocycles. The normalized spacial score (nSPS) is 11.4. The molecule has 0 fully saturated rings. The van der Waals surface area contributed by atoms with Crippen molar-refractivity contribution in [2.75, 3.05) is 7.11 Å². The Morgan fingerprint density at radius 1 is 1.12 bits per heavy atom. The summed E-state index contributed by atoms with van der Waals surface area (Å²) in [5.74, 6) is -0.869. The molecular weight excluding hydrogens is 324 g/mol. The van der Waals surface area contributed by atoms with Gasteiger partial charge >= 0.3 is 5.97 Å². The van der Waals surface area contributed by atoms with Gasteiger partial charge in [-0.3, -0.25) is 19.7 Å². The number of benzene rings is 2. The van der Waals surface area contributed by atoms with Crippen LogP contribution in [-0.2, 0) is 20.7 Å². The Kier molecular flexibility index (Phi) is 6.22. The summed E-state index contributed by atoms with van der Waals surface area (Å²) in [6, 6.07) is 14.5. The van der Waals surface area contributed by atoms with Crippen molar-refractivity contribution in [2.45, 2.75) is 18.9 Å². The van der Waals surface area contributed by atoms with Crippen LogP contribution in [0.4, 0.5) is 5.69 Å². The number of para-hydroxylation sites is 1. The third kappa shape index (κ3) is 5.13. The highest BCUT2D eigenvalue weighted by atomic mass is 16.6. The molecule has 25 heavy (non-hydrogen) atoms. The molecule has 7 nitrogen and oxygen atoms in total. The van der Waals surface area contributed by atoms with Gasteiger partial charge < -0.3 is 10.1 Å². The van der Waals surface area contributed by atoms with Gasteiger partial charge in [0.2, 0.25) is 5.91 Å². The van der Waals surface area contributed by atoms with Crippen LogP contribution in [0.5, 0.6) is 0 Å². The molecule has 7 heteroatoms. The molecule has 0 radical (unpaired) electrons. The van der Waals surface area contributed by atoms with Crippen LogP contribution in [0.15, 0.2) is 54.6 Å². The van der Waals surface area contributed by atoms with Gasteiger partial charge in [0.1, 0.15) is 0 Å². The Labute approximate surface area is 144 Å². The second-order valence-corrected chi connectivity index (χ2v) is 5.37. The van der Waals surface area contributed by atoms with Crippen molar-refractivity contribution >= 4 is 17.6 Å². The molecule has 1 N–H and O–H groups in total. The van der Waals surface area contributed by atoms with E-state index in [4.69, 9.17) is 0 Å². The van der Waals surface area contributed by atoms with Crippen molar-refractivity contribution in [1.82, 2.24) is 5.32 Å². The molecule has 130 valence electrons. The summed E-state index contributed by atoms with van der Waals surface area (Å²) < 4.78 is 4.67. The highest BCUT2D eigenvalue weighted by molar-refractivity contribution is 5.81. The highest BCUT2D eigenvalue weighted by Gasteiger charge is 2.21. The fraction of sp³-hybridized carbons (Fsp3) is 0.222. The van der Waals surface area contributed by atoms with Gasteiger partial charge in [-0.2, -0.15) is 0 Å². The first-order chi connectivity index (χ1) is 12.0. The number of carbonyl (C=O) groups is 2. The van der Waals surface area contributed by atoms with Crippen LogP contribution in [0.1, 0.15) is 23.6 Å². The topological polar surface area (TPSA) is 98.5 Å². The van der Waals surface area contributed by atoms with E-state index in [9.17, 15) is 19.7 Å². The van der Waals surface area contributed by atoms with E-state index in [1.54, 1.807) is 36.4 Å². The number of nitrogens with one attached hydrogen (secondary N) is 1. The van der Waals surface area contributed by atoms with Crippen LogP contribution >= 0.6 is 0 Å². The Balaban J connectivity index is 2.14. The molecule has 2 aromatic rings. The molecule has 0 bridgehead atoms. The maximum absolute atomic E-state index is 12.4. The predicted molar refractivity (Wildman–Crippen MR) is 90.8 cm³/mol. The fourth-order valence-electron chi connectivity index (χ4n) is 2.44. The van der Waals surface area contributed by atoms with E-state index in [-0.39, 0.29) is 18.5 Å². The first-order valence-corrected chi connectivity index (χ1v) is 7.64. The molecule has 1 amide bonds. The molecule has 1 unspecified atom stereocenters. The van der Waals surface area contributed by atoms with Crippen LogP contribution in [0.2, 0.25) is 0 Å². The molecule has 0 spiro atoms. The first-order valence-electron chi connectivity index (χ1n) is 7.64. The Morgan fingerprint density at radius 3 is 2.40 bits per heavy atom. The SMILES string of the molecule is COC(=O)CC(NC(=O)Cc1ccccc1[N+](=O)[O-])c1ccccc1. The maximum atomic E-state index is 12.4. The number of hydrogen-bond acceptors (Lipinski definition) is 5. The maximum Gasteiger partial charge on any atom is 0.307 e. The summed E-state index contributed by atoms with van der Waals surface area (Å²) in [5.41, 5.74) is 0.959. The minimum atomic E-state index is -0.566. The summed E-state index contributed by atoms with van der Waals surface area (Å²) >= 11 is 0. The second kappa shape index (κ2) is 8.58. The summed E-state index contributed by atoms with van der Waals surface area (Å²) in [6.07, 6.45) is -0.176. The summed E-state index contributed by atoms with van der Waals surface area (Å²) in [7, 11) is 1.28. The lowest BCUT2D eigenvalue weighted by Crippen LogP contribution is -2.31. The minimum absolute atomic E-state index is 0.0247. The van der Waals surface area contributed by atoms with Crippen molar-refractivity contribution in [3.05, 3.63) is 75.8 Å². The average Bonchev–Trinajstić information content (AvgIpc) is 2.62. The van der Waals surface area contributed by atoms with Crippen LogP contribution in [-0.4, -0.2) is 23.9 Å². The zero-order chi connectivity index (χ0) is 18.2. The fourth-order valence-corrected chi connectivity index (χ4v) is 2.44. The van der Waals surface area contributed by atoms with Crippen molar-refractivity contribution in [3.8, 4) is 0 Å². The zero-order valence-corrected chi connectivity index (χ0v) is 13.7. The lowest BCUT2D eigenvalue weighted by molar-refractivity contribution is -0.385. The lowest BCUT2D eigenvalue weighted by atomic mass is 10.0. The van der Waals surface area contributed by atoms with Gasteiger partial charge in [-0.1, -0.05) is 48.5 Å². The van der Waals surface area contributed by atoms with Gasteiger partial charge in [0.15, 0.2) is 0 Å². The van der Waals surface area contributed by atoms with E-state index in [1.165, 1.54) is 19.2 Å². The van der Waals surface area contributed by atoms with E-state index < -0.39 is 22.8 Å². The number of nitro groups is 1. The van der Waals surface area contributed by atoms with Gasteiger partial charge in [0.05, 0.1) is 30.9 Å². The van der Waals surface area contributed by atoms with Crippen LogP contribution in [0.25, 0.3) is 0 Å². The van der Waals surface area contributed by atoms with E-state index in [0.717, 1.165) is 5.56 Å². The number of hydrogen-bond donors (Lipinski definition) is 1. The number of methoxy groups -OCH3 is 1. The summed E-state index contributed by atoms with van der Waals surface area (Å²) in [4.78, 5) is 34.5. The van der Waals surface area contributed by atoms with Crippen LogP contribution in [0.3, 0.4) is 0 Å². The molecule has 0 saturated heterocycles. The molecule has 2 aromatic carbocycles. The van der Waals surface area contributed by atoms with E-state index in [1.807, 2.05) is 6.07 Å². The van der Waals surface area contributed by atoms with E-state index in [2.05, 4.69) is 10.1 Å². The third-order valence-corrected chi connectivity index (χ3v) is 3.67. The molecule has 0 aliphatic carbocycles. The standard InChI is InChI=1S/C18H18N2O5/c1-25-18(22)12-15(13-7-3-2-4-8-13)19-17(21)11-14-9-5-6-10-16(14)20(23)24/h2-10,15H,11-12H2,1H3,(H,19,21). The van der Waals surface area contributed by atoms with Gasteiger partial charge in [0.25, 0.3) is 5.69 Å². The van der Waals surface area contributed by atoms with Gasteiger partial charge in [-0.25, -0.2) is 0 Å². The Hall–Kier alpha value is -3.22. The van der Waals surface area contributed by atoms with E-state index in [0.29, 0.717) is 5.56 Å². The zero-order valence-electron chi connectivity index (χ0n) is 13.7. The average molecular weight is 342 g/mol. The summed E-state index contributed by atoms with van der Waals surface area (Å²) in [6.45, 7) is 0. The third-order valence-electron chi connectivity index (χ3n) is 3.67. The number of nitrogens with zero attached hydrogens (tertiary/aromatic N) is 1. The molecule has 0 heterocycles. The van der Waals surface area contributed by atoms with Gasteiger partial charge in [0, 0.05) is 11.6 Å². The molecule has 0 aliphatic rings. The predicted octanol–water partition coefficient (Wildman–Crippen LogP) is 2.56. The number of esters is 1. The van der Waals surface area contributed by atoms with Crippen molar-refractivity contribution in [2.24, 2.45) is 0 Å². The Morgan fingerprint density at radius 2 is 1.76 bits per heavy atom. The van der Waals surface area contributed by atoms with Crippen LogP contribution < -0.4 is 5.32 Å². The summed E-state index contributed by atoms with van der Waals surface area (Å²) in [5, 5.41) is 13.8. The van der Waals surface area contributed by atoms with Gasteiger partial charge in [-0.15, -0.1) is 0 Å². The number of nitro benzene ring substituents is 1. The molecule has 0 aliphatic heterocycles. The van der Waals surface area contributed by atoms with E-state index >= 15 is 0 Å². The largest absolute Gasteiger partial charge is 0.469 e. The molecular formula is C18H18N2O5. The minimum Gasteiger partial charge on any atom is -0.469 e. The number of rotatable bonds is 7. The first kappa shape index (κ1) is 18.1. The van der Waals surface area contributed by atoms with Crippen molar-refractivity contribution < 1.29 is 19.2 Å². The van der Waals surface area contributed by atoms with Crippen molar-refractivity contribution in [3.63, 3.8) is 0 Å². The molecule has 0 aromatic heterocycles. The Bertz CT molecular complexity index is 761. The van der Waals surface area contributed by atoms with Crippen LogP contribution in [0, 0.1) is 10.1 Å². The lowest BCUT2D eigenvalue weighted by Gasteiger charge is -2.18. The smallest absolute Gasteiger partial charge is 0.307 e. The number of amides is 1. The molecule has 2 rings (SSSR count). The quantitative estimate of drug-likeness (QED) is 0.474. The van der Waals surface area contributed by atoms with Gasteiger partial charge in [-0.05, 0) is 5.56 Å². The highest BCUT2D eigenvalue weighted by Crippen LogP contribution is 2.20.